The highest BCUT2D eigenvalue weighted by Gasteiger charge is 2.22. The number of amides is 1. The smallest absolute Gasteiger partial charge is 0.246 e. The Kier molecular flexibility index (Phi) is 7.08. The maximum Gasteiger partial charge on any atom is 0.246 e. The molecule has 3 rings (SSSR count). The molecular weight excluding hydrogens is 352 g/mol. The Labute approximate surface area is 166 Å². The number of hydrogen-bond donors (Lipinski definition) is 1. The van der Waals surface area contributed by atoms with Crippen molar-refractivity contribution in [3.05, 3.63) is 54.6 Å². The van der Waals surface area contributed by atoms with Crippen LogP contribution in [0.15, 0.2) is 48.9 Å². The minimum absolute atomic E-state index is 0.116. The Morgan fingerprint density at radius 1 is 1.18 bits per heavy atom. The summed E-state index contributed by atoms with van der Waals surface area (Å²) in [6.07, 6.45) is 11.8. The van der Waals surface area contributed by atoms with E-state index >= 15 is 0 Å². The topological polar surface area (TPSA) is 74.2 Å². The van der Waals surface area contributed by atoms with E-state index in [1.807, 2.05) is 54.4 Å². The summed E-state index contributed by atoms with van der Waals surface area (Å²) >= 11 is 0. The summed E-state index contributed by atoms with van der Waals surface area (Å²) < 4.78 is 0. The zero-order valence-corrected chi connectivity index (χ0v) is 16.6. The number of rotatable bonds is 7. The van der Waals surface area contributed by atoms with Crippen LogP contribution >= 0.6 is 0 Å². The average Bonchev–Trinajstić information content (AvgIpc) is 2.70. The second-order valence-electron chi connectivity index (χ2n) is 7.37. The molecule has 1 fully saturated rings. The molecule has 0 unspecified atom stereocenters. The van der Waals surface area contributed by atoms with E-state index in [4.69, 9.17) is 0 Å². The predicted molar refractivity (Wildman–Crippen MR) is 110 cm³/mol. The summed E-state index contributed by atoms with van der Waals surface area (Å²) in [5.74, 6) is 2.09. The summed E-state index contributed by atoms with van der Waals surface area (Å²) in [7, 11) is 3.98. The van der Waals surface area contributed by atoms with Gasteiger partial charge < -0.3 is 15.1 Å². The molecule has 28 heavy (non-hydrogen) atoms. The lowest BCUT2D eigenvalue weighted by Crippen LogP contribution is -2.38. The SMILES string of the molecule is CN(C)C/C=C/C(=O)N1CCC(Cc2cnc(Nc3ccccn3)cn2)CC1. The van der Waals surface area contributed by atoms with Crippen LogP contribution < -0.4 is 5.32 Å². The van der Waals surface area contributed by atoms with Gasteiger partial charge in [-0.25, -0.2) is 9.97 Å². The van der Waals surface area contributed by atoms with Crippen LogP contribution in [0.5, 0.6) is 0 Å². The highest BCUT2D eigenvalue weighted by Crippen LogP contribution is 2.21. The van der Waals surface area contributed by atoms with Crippen LogP contribution in [0.3, 0.4) is 0 Å². The summed E-state index contributed by atoms with van der Waals surface area (Å²) in [6, 6.07) is 5.69. The highest BCUT2D eigenvalue weighted by atomic mass is 16.2. The molecule has 1 N–H and O–H groups in total. The van der Waals surface area contributed by atoms with Crippen molar-refractivity contribution in [2.24, 2.45) is 5.92 Å². The third kappa shape index (κ3) is 6.13. The number of nitrogens with zero attached hydrogens (tertiary/aromatic N) is 5. The van der Waals surface area contributed by atoms with E-state index in [-0.39, 0.29) is 5.91 Å². The van der Waals surface area contributed by atoms with Gasteiger partial charge in [0.05, 0.1) is 18.1 Å². The zero-order valence-electron chi connectivity index (χ0n) is 16.6. The summed E-state index contributed by atoms with van der Waals surface area (Å²) in [5.41, 5.74) is 0.988. The monoisotopic (exact) mass is 380 g/mol. The van der Waals surface area contributed by atoms with Crippen LogP contribution in [-0.4, -0.2) is 64.4 Å². The van der Waals surface area contributed by atoms with Gasteiger partial charge in [0.15, 0.2) is 0 Å². The third-order valence-corrected chi connectivity index (χ3v) is 4.78. The van der Waals surface area contributed by atoms with Gasteiger partial charge in [0.25, 0.3) is 0 Å². The number of pyridine rings is 1. The maximum absolute atomic E-state index is 12.2. The van der Waals surface area contributed by atoms with Gasteiger partial charge in [0.2, 0.25) is 5.91 Å². The Morgan fingerprint density at radius 3 is 2.64 bits per heavy atom. The first kappa shape index (κ1) is 19.9. The van der Waals surface area contributed by atoms with Gasteiger partial charge >= 0.3 is 0 Å². The number of carbonyl (C=O) groups excluding carboxylic acids is 1. The average molecular weight is 380 g/mol. The summed E-state index contributed by atoms with van der Waals surface area (Å²) in [5, 5.41) is 3.14. The maximum atomic E-state index is 12.2. The Hall–Kier alpha value is -2.80. The van der Waals surface area contributed by atoms with Gasteiger partial charge in [-0.05, 0) is 51.4 Å². The number of anilines is 2. The first-order valence-corrected chi connectivity index (χ1v) is 9.69. The van der Waals surface area contributed by atoms with Gasteiger partial charge in [-0.1, -0.05) is 12.1 Å². The number of hydrogen-bond acceptors (Lipinski definition) is 6. The molecule has 0 aliphatic carbocycles. The fourth-order valence-electron chi connectivity index (χ4n) is 3.22. The van der Waals surface area contributed by atoms with Crippen LogP contribution in [-0.2, 0) is 11.2 Å². The standard InChI is InChI=1S/C21H28N6O/c1-26(2)11-5-7-21(28)27-12-8-17(9-13-27)14-18-15-24-20(16-23-18)25-19-6-3-4-10-22-19/h3-7,10,15-17H,8-9,11-14H2,1-2H3,(H,22,24,25)/b7-5+. The first-order chi connectivity index (χ1) is 13.6. The molecular formula is C21H28N6O. The fraction of sp³-hybridized carbons (Fsp3) is 0.429. The van der Waals surface area contributed by atoms with Crippen molar-refractivity contribution >= 4 is 17.5 Å². The molecule has 3 heterocycles. The molecule has 0 saturated carbocycles. The van der Waals surface area contributed by atoms with Crippen LogP contribution in [0.25, 0.3) is 0 Å². The molecule has 2 aromatic rings. The van der Waals surface area contributed by atoms with Crippen molar-refractivity contribution < 1.29 is 4.79 Å². The molecule has 1 aliphatic rings. The second-order valence-corrected chi connectivity index (χ2v) is 7.37. The number of likely N-dealkylation sites (N-methyl/N-ethyl adjacent to an activating group) is 1. The molecule has 7 nitrogen and oxygen atoms in total. The molecule has 1 saturated heterocycles. The van der Waals surface area contributed by atoms with Gasteiger partial charge in [-0.3, -0.25) is 9.78 Å². The molecule has 0 atom stereocenters. The number of carbonyl (C=O) groups is 1. The second kappa shape index (κ2) is 9.94. The molecule has 1 amide bonds. The van der Waals surface area contributed by atoms with Crippen molar-refractivity contribution in [1.29, 1.82) is 0 Å². The van der Waals surface area contributed by atoms with Gasteiger partial charge in [-0.2, -0.15) is 0 Å². The van der Waals surface area contributed by atoms with Crippen molar-refractivity contribution in [2.45, 2.75) is 19.3 Å². The number of aromatic nitrogens is 3. The highest BCUT2D eigenvalue weighted by molar-refractivity contribution is 5.87. The first-order valence-electron chi connectivity index (χ1n) is 9.69. The number of nitrogens with one attached hydrogen (secondary N) is 1. The quantitative estimate of drug-likeness (QED) is 0.744. The fourth-order valence-corrected chi connectivity index (χ4v) is 3.22. The molecule has 2 aromatic heterocycles. The summed E-state index contributed by atoms with van der Waals surface area (Å²) in [6.45, 7) is 2.40. The molecule has 1 aliphatic heterocycles. The lowest BCUT2D eigenvalue weighted by Gasteiger charge is -2.31. The Balaban J connectivity index is 1.44. The van der Waals surface area contributed by atoms with Crippen molar-refractivity contribution in [3.63, 3.8) is 0 Å². The van der Waals surface area contributed by atoms with Crippen LogP contribution in [0.2, 0.25) is 0 Å². The van der Waals surface area contributed by atoms with E-state index in [0.29, 0.717) is 11.7 Å². The van der Waals surface area contributed by atoms with Gasteiger partial charge in [0.1, 0.15) is 11.6 Å². The van der Waals surface area contributed by atoms with E-state index in [2.05, 4.69) is 20.3 Å². The Morgan fingerprint density at radius 2 is 2.00 bits per heavy atom. The van der Waals surface area contributed by atoms with E-state index in [1.54, 1.807) is 18.5 Å². The van der Waals surface area contributed by atoms with E-state index in [0.717, 1.165) is 50.4 Å². The van der Waals surface area contributed by atoms with Crippen LogP contribution in [0.4, 0.5) is 11.6 Å². The number of piperidine rings is 1. The molecule has 7 heteroatoms. The molecule has 0 spiro atoms. The normalized spacial score (nSPS) is 15.3. The zero-order chi connectivity index (χ0) is 19.8. The minimum Gasteiger partial charge on any atom is -0.339 e. The van der Waals surface area contributed by atoms with E-state index in [1.165, 1.54) is 0 Å². The lowest BCUT2D eigenvalue weighted by atomic mass is 9.92. The molecule has 148 valence electrons. The minimum atomic E-state index is 0.116. The summed E-state index contributed by atoms with van der Waals surface area (Å²) in [4.78, 5) is 29.4. The third-order valence-electron chi connectivity index (χ3n) is 4.78. The lowest BCUT2D eigenvalue weighted by molar-refractivity contribution is -0.127. The van der Waals surface area contributed by atoms with Crippen molar-refractivity contribution in [2.75, 3.05) is 39.0 Å². The van der Waals surface area contributed by atoms with Gasteiger partial charge in [0, 0.05) is 31.9 Å². The molecule has 0 bridgehead atoms. The van der Waals surface area contributed by atoms with Gasteiger partial charge in [-0.15, -0.1) is 0 Å². The molecule has 0 aromatic carbocycles. The largest absolute Gasteiger partial charge is 0.339 e. The van der Waals surface area contributed by atoms with E-state index in [9.17, 15) is 4.79 Å². The Bertz CT molecular complexity index is 767. The molecule has 0 radical (unpaired) electrons. The van der Waals surface area contributed by atoms with Crippen LogP contribution in [0, 0.1) is 5.92 Å². The van der Waals surface area contributed by atoms with Crippen molar-refractivity contribution in [1.82, 2.24) is 24.8 Å². The predicted octanol–water partition coefficient (Wildman–Crippen LogP) is 2.51. The van der Waals surface area contributed by atoms with Crippen LogP contribution in [0.1, 0.15) is 18.5 Å². The van der Waals surface area contributed by atoms with Crippen molar-refractivity contribution in [3.8, 4) is 0 Å². The van der Waals surface area contributed by atoms with E-state index < -0.39 is 0 Å². The number of likely N-dealkylation sites (tertiary alicyclic amines) is 1.